The van der Waals surface area contributed by atoms with Crippen molar-refractivity contribution in [1.82, 2.24) is 5.32 Å². The summed E-state index contributed by atoms with van der Waals surface area (Å²) >= 11 is 0. The highest BCUT2D eigenvalue weighted by Gasteiger charge is 2.26. The van der Waals surface area contributed by atoms with Crippen LogP contribution in [0.4, 0.5) is 0 Å². The van der Waals surface area contributed by atoms with Gasteiger partial charge in [0.1, 0.15) is 0 Å². The predicted octanol–water partition coefficient (Wildman–Crippen LogP) is 12.7. The van der Waals surface area contributed by atoms with E-state index in [1.807, 2.05) is 6.08 Å². The monoisotopic (exact) mass is 783 g/mol. The van der Waals surface area contributed by atoms with Crippen molar-refractivity contribution in [1.29, 1.82) is 0 Å². The fraction of sp³-hybridized carbons (Fsp3) is 0.844. The maximum atomic E-state index is 12.8. The minimum atomic E-state index is -4.35. The summed E-state index contributed by atoms with van der Waals surface area (Å²) in [7, 11) is -4.35. The Morgan fingerprint density at radius 3 is 1.43 bits per heavy atom. The van der Waals surface area contributed by atoms with E-state index < -0.39 is 20.0 Å². The van der Waals surface area contributed by atoms with Crippen molar-refractivity contribution in [3.63, 3.8) is 0 Å². The zero-order chi connectivity index (χ0) is 39.6. The number of hydrogen-bond donors (Lipinski definition) is 4. The smallest absolute Gasteiger partial charge is 0.387 e. The first-order valence-electron chi connectivity index (χ1n) is 22.6. The number of phosphoric ester groups is 1. The maximum Gasteiger partial charge on any atom is 0.472 e. The fourth-order valence-corrected chi connectivity index (χ4v) is 7.26. The van der Waals surface area contributed by atoms with Crippen LogP contribution in [-0.4, -0.2) is 47.8 Å². The van der Waals surface area contributed by atoms with Gasteiger partial charge in [-0.3, -0.25) is 13.8 Å². The van der Waals surface area contributed by atoms with Gasteiger partial charge in [0.2, 0.25) is 5.91 Å². The number of allylic oxidation sites excluding steroid dienone is 5. The van der Waals surface area contributed by atoms with E-state index in [-0.39, 0.29) is 25.7 Å². The number of carbonyl (C=O) groups is 1. The zero-order valence-electron chi connectivity index (χ0n) is 35.2. The third-order valence-electron chi connectivity index (χ3n) is 9.94. The molecule has 0 rings (SSSR count). The highest BCUT2D eigenvalue weighted by Crippen LogP contribution is 2.43. The molecule has 0 saturated carbocycles. The number of unbranched alkanes of at least 4 members (excludes halogenated alkanes) is 26. The largest absolute Gasteiger partial charge is 0.472 e. The topological polar surface area (TPSA) is 131 Å². The molecule has 318 valence electrons. The molecule has 5 N–H and O–H groups in total. The van der Waals surface area contributed by atoms with Crippen LogP contribution in [0.5, 0.6) is 0 Å². The molecule has 0 aliphatic carbocycles. The van der Waals surface area contributed by atoms with Crippen LogP contribution in [-0.2, 0) is 18.4 Å². The van der Waals surface area contributed by atoms with Crippen LogP contribution in [0.1, 0.15) is 213 Å². The molecule has 0 aliphatic heterocycles. The van der Waals surface area contributed by atoms with Crippen LogP contribution in [0.2, 0.25) is 0 Å². The molecule has 0 bridgehead atoms. The van der Waals surface area contributed by atoms with Gasteiger partial charge in [-0.25, -0.2) is 4.57 Å². The van der Waals surface area contributed by atoms with E-state index in [9.17, 15) is 19.4 Å². The van der Waals surface area contributed by atoms with Crippen molar-refractivity contribution in [3.8, 4) is 0 Å². The molecule has 0 aromatic carbocycles. The molecule has 3 atom stereocenters. The second kappa shape index (κ2) is 41.4. The minimum absolute atomic E-state index is 0.0737. The second-order valence-corrected chi connectivity index (χ2v) is 16.7. The number of amides is 1. The van der Waals surface area contributed by atoms with Gasteiger partial charge in [-0.15, -0.1) is 0 Å². The zero-order valence-corrected chi connectivity index (χ0v) is 36.1. The van der Waals surface area contributed by atoms with Gasteiger partial charge in [-0.1, -0.05) is 185 Å². The second-order valence-electron chi connectivity index (χ2n) is 15.2. The normalized spacial score (nSPS) is 14.4. The molecule has 0 aromatic heterocycles. The molecule has 0 heterocycles. The molecule has 9 heteroatoms. The van der Waals surface area contributed by atoms with E-state index in [1.165, 1.54) is 154 Å². The van der Waals surface area contributed by atoms with Crippen molar-refractivity contribution in [2.75, 3.05) is 19.8 Å². The Bertz CT molecular complexity index is 943. The van der Waals surface area contributed by atoms with Crippen LogP contribution in [0.3, 0.4) is 0 Å². The Labute approximate surface area is 333 Å². The summed E-state index contributed by atoms with van der Waals surface area (Å²) in [5.41, 5.74) is 5.37. The molecule has 54 heavy (non-hydrogen) atoms. The highest BCUT2D eigenvalue weighted by molar-refractivity contribution is 7.47. The van der Waals surface area contributed by atoms with Crippen molar-refractivity contribution >= 4 is 13.7 Å². The van der Waals surface area contributed by atoms with Crippen molar-refractivity contribution in [2.45, 2.75) is 225 Å². The van der Waals surface area contributed by atoms with E-state index in [0.29, 0.717) is 6.42 Å². The lowest BCUT2D eigenvalue weighted by molar-refractivity contribution is -0.123. The Kier molecular flexibility index (Phi) is 40.4. The van der Waals surface area contributed by atoms with Gasteiger partial charge in [0, 0.05) is 13.0 Å². The Balaban J connectivity index is 4.18. The molecule has 8 nitrogen and oxygen atoms in total. The summed E-state index contributed by atoms with van der Waals surface area (Å²) in [6.07, 6.45) is 49.1. The van der Waals surface area contributed by atoms with Crippen LogP contribution < -0.4 is 11.1 Å². The average Bonchev–Trinajstić information content (AvgIpc) is 3.16. The van der Waals surface area contributed by atoms with Gasteiger partial charge in [-0.2, -0.15) is 0 Å². The standard InChI is InChI=1S/C45H87N2O6P/c1-3-5-7-9-11-13-15-17-19-20-21-22-23-24-25-27-29-31-33-35-37-39-45(49)47-43(42-53-54(50,51)52-41-40-46)44(48)38-36-34-32-30-28-26-18-16-14-12-10-8-6-4-2/h20-21,28,30,36,38,43-44,48H,3-19,22-27,29,31-35,37,39-42,46H2,1-2H3,(H,47,49)(H,50,51)/b21-20-,30-28+,38-36+. The summed E-state index contributed by atoms with van der Waals surface area (Å²) < 4.78 is 22.1. The molecule has 0 radical (unpaired) electrons. The quantitative estimate of drug-likeness (QED) is 0.0275. The number of phosphoric acid groups is 1. The molecule has 3 unspecified atom stereocenters. The molecule has 0 saturated heterocycles. The van der Waals surface area contributed by atoms with Crippen LogP contribution in [0.15, 0.2) is 36.5 Å². The number of rotatable bonds is 42. The molecule has 0 aromatic rings. The minimum Gasteiger partial charge on any atom is -0.387 e. The lowest BCUT2D eigenvalue weighted by atomic mass is 10.0. The van der Waals surface area contributed by atoms with E-state index >= 15 is 0 Å². The number of nitrogens with two attached hydrogens (primary N) is 1. The summed E-state index contributed by atoms with van der Waals surface area (Å²) in [6, 6.07) is -0.876. The lowest BCUT2D eigenvalue weighted by Crippen LogP contribution is -2.45. The average molecular weight is 783 g/mol. The first kappa shape index (κ1) is 52.7. The third kappa shape index (κ3) is 39.0. The summed E-state index contributed by atoms with van der Waals surface area (Å²) in [6.45, 7) is 4.11. The van der Waals surface area contributed by atoms with Crippen molar-refractivity contribution in [2.24, 2.45) is 5.73 Å². The van der Waals surface area contributed by atoms with E-state index in [4.69, 9.17) is 14.8 Å². The Hall–Kier alpha value is -1.28. The SMILES string of the molecule is CCCCCCCCCC/C=C\CCCCCCCCCCCC(=O)NC(COP(=O)(O)OCCN)C(O)/C=C/CC/C=C/CCCCCCCCCC. The van der Waals surface area contributed by atoms with Gasteiger partial charge in [0.15, 0.2) is 0 Å². The number of carbonyl (C=O) groups excluding carboxylic acids is 1. The molecule has 0 aliphatic rings. The van der Waals surface area contributed by atoms with Crippen LogP contribution in [0.25, 0.3) is 0 Å². The summed E-state index contributed by atoms with van der Waals surface area (Å²) in [5.74, 6) is -0.206. The number of aliphatic hydroxyl groups excluding tert-OH is 1. The van der Waals surface area contributed by atoms with Crippen molar-refractivity contribution < 1.29 is 28.4 Å². The fourth-order valence-electron chi connectivity index (χ4n) is 6.50. The molecule has 0 fully saturated rings. The van der Waals surface area contributed by atoms with Gasteiger partial charge in [0.25, 0.3) is 0 Å². The van der Waals surface area contributed by atoms with Gasteiger partial charge in [0.05, 0.1) is 25.4 Å². The maximum absolute atomic E-state index is 12.8. The Morgan fingerprint density at radius 1 is 0.593 bits per heavy atom. The molecule has 0 spiro atoms. The van der Waals surface area contributed by atoms with Crippen molar-refractivity contribution in [3.05, 3.63) is 36.5 Å². The van der Waals surface area contributed by atoms with Gasteiger partial charge < -0.3 is 21.1 Å². The molecular weight excluding hydrogens is 695 g/mol. The van der Waals surface area contributed by atoms with E-state index in [2.05, 4.69) is 43.5 Å². The molecule has 1 amide bonds. The van der Waals surface area contributed by atoms with Crippen LogP contribution in [0, 0.1) is 0 Å². The molecular formula is C45H87N2O6P. The first-order chi connectivity index (χ1) is 26.4. The van der Waals surface area contributed by atoms with Gasteiger partial charge in [-0.05, 0) is 57.8 Å². The summed E-state index contributed by atoms with van der Waals surface area (Å²) in [5, 5.41) is 13.6. The lowest BCUT2D eigenvalue weighted by Gasteiger charge is -2.23. The van der Waals surface area contributed by atoms with Crippen LogP contribution >= 0.6 is 7.82 Å². The van der Waals surface area contributed by atoms with E-state index in [0.717, 1.165) is 38.5 Å². The van der Waals surface area contributed by atoms with Gasteiger partial charge >= 0.3 is 7.82 Å². The summed E-state index contributed by atoms with van der Waals surface area (Å²) in [4.78, 5) is 22.7. The first-order valence-corrected chi connectivity index (χ1v) is 24.1. The Morgan fingerprint density at radius 2 is 0.981 bits per heavy atom. The third-order valence-corrected chi connectivity index (χ3v) is 10.9. The number of aliphatic hydroxyl groups is 1. The number of hydrogen-bond acceptors (Lipinski definition) is 6. The number of nitrogens with one attached hydrogen (secondary N) is 1. The van der Waals surface area contributed by atoms with E-state index in [1.54, 1.807) is 6.08 Å². The predicted molar refractivity (Wildman–Crippen MR) is 231 cm³/mol. The highest BCUT2D eigenvalue weighted by atomic mass is 31.2.